The van der Waals surface area contributed by atoms with Gasteiger partial charge in [-0.15, -0.1) is 12.4 Å². The lowest BCUT2D eigenvalue weighted by Gasteiger charge is -2.33. The number of hydrogen-bond acceptors (Lipinski definition) is 5. The molecule has 1 saturated heterocycles. The van der Waals surface area contributed by atoms with Gasteiger partial charge in [0.2, 0.25) is 10.0 Å². The van der Waals surface area contributed by atoms with E-state index in [4.69, 9.17) is 0 Å². The molecule has 0 spiro atoms. The minimum absolute atomic E-state index is 0. The lowest BCUT2D eigenvalue weighted by Crippen LogP contribution is -2.46. The summed E-state index contributed by atoms with van der Waals surface area (Å²) in [7, 11) is -3.58. The van der Waals surface area contributed by atoms with Gasteiger partial charge in [-0.1, -0.05) is 37.3 Å². The van der Waals surface area contributed by atoms with Gasteiger partial charge in [-0.25, -0.2) is 18.4 Å². The first-order chi connectivity index (χ1) is 12.1. The van der Waals surface area contributed by atoms with Crippen molar-refractivity contribution in [3.8, 4) is 11.4 Å². The zero-order valence-electron chi connectivity index (χ0n) is 14.8. The molecule has 2 aromatic rings. The third-order valence-electron chi connectivity index (χ3n) is 4.43. The largest absolute Gasteiger partial charge is 0.317 e. The lowest BCUT2D eigenvalue weighted by molar-refractivity contribution is 0.262. The molecule has 1 aromatic heterocycles. The monoisotopic (exact) mass is 396 g/mol. The first kappa shape index (κ1) is 20.8. The molecule has 0 aliphatic carbocycles. The van der Waals surface area contributed by atoms with Crippen molar-refractivity contribution in [2.24, 2.45) is 0 Å². The van der Waals surface area contributed by atoms with Crippen LogP contribution in [0.5, 0.6) is 0 Å². The van der Waals surface area contributed by atoms with Gasteiger partial charge >= 0.3 is 0 Å². The molecule has 26 heavy (non-hydrogen) atoms. The van der Waals surface area contributed by atoms with Gasteiger partial charge in [0.25, 0.3) is 0 Å². The van der Waals surface area contributed by atoms with Crippen molar-refractivity contribution in [3.63, 3.8) is 0 Å². The summed E-state index contributed by atoms with van der Waals surface area (Å²) < 4.78 is 27.8. The maximum Gasteiger partial charge on any atom is 0.246 e. The molecule has 8 heteroatoms. The predicted molar refractivity (Wildman–Crippen MR) is 105 cm³/mol. The Hall–Kier alpha value is -1.54. The molecular formula is C18H25ClN4O2S. The number of piperidine rings is 1. The molecule has 1 aliphatic rings. The molecule has 0 radical (unpaired) electrons. The van der Waals surface area contributed by atoms with Gasteiger partial charge in [0.1, 0.15) is 4.90 Å². The van der Waals surface area contributed by atoms with Crippen LogP contribution in [-0.2, 0) is 10.0 Å². The molecule has 0 amide bonds. The number of nitrogens with zero attached hydrogens (tertiary/aromatic N) is 3. The first-order valence-corrected chi connectivity index (χ1v) is 10.2. The Kier molecular flexibility index (Phi) is 7.52. The molecule has 0 saturated carbocycles. The van der Waals surface area contributed by atoms with Gasteiger partial charge in [0.05, 0.1) is 12.4 Å². The van der Waals surface area contributed by atoms with E-state index in [9.17, 15) is 8.42 Å². The van der Waals surface area contributed by atoms with Crippen molar-refractivity contribution >= 4 is 22.4 Å². The van der Waals surface area contributed by atoms with E-state index in [-0.39, 0.29) is 23.3 Å². The van der Waals surface area contributed by atoms with Crippen LogP contribution in [0.15, 0.2) is 47.6 Å². The van der Waals surface area contributed by atoms with Crippen molar-refractivity contribution in [2.45, 2.75) is 37.1 Å². The van der Waals surface area contributed by atoms with Crippen molar-refractivity contribution in [1.29, 1.82) is 0 Å². The number of halogens is 1. The van der Waals surface area contributed by atoms with Crippen molar-refractivity contribution in [3.05, 3.63) is 42.7 Å². The van der Waals surface area contributed by atoms with E-state index >= 15 is 0 Å². The van der Waals surface area contributed by atoms with E-state index in [0.29, 0.717) is 12.4 Å². The van der Waals surface area contributed by atoms with Gasteiger partial charge in [-0.2, -0.15) is 4.31 Å². The Labute approximate surface area is 161 Å². The van der Waals surface area contributed by atoms with Gasteiger partial charge in [0, 0.05) is 18.2 Å². The molecule has 3 rings (SSSR count). The number of rotatable bonds is 6. The van der Waals surface area contributed by atoms with E-state index in [0.717, 1.165) is 37.9 Å². The quantitative estimate of drug-likeness (QED) is 0.812. The minimum atomic E-state index is -3.58. The SMILES string of the molecule is CCCN(C1CCNCC1)S(=O)(=O)c1cnc(-c2ccccc2)nc1.Cl. The summed E-state index contributed by atoms with van der Waals surface area (Å²) in [6, 6.07) is 9.58. The van der Waals surface area contributed by atoms with Crippen LogP contribution >= 0.6 is 12.4 Å². The van der Waals surface area contributed by atoms with Crippen molar-refractivity contribution in [1.82, 2.24) is 19.6 Å². The van der Waals surface area contributed by atoms with Crippen molar-refractivity contribution < 1.29 is 8.42 Å². The van der Waals surface area contributed by atoms with E-state index in [2.05, 4.69) is 15.3 Å². The van der Waals surface area contributed by atoms with Crippen LogP contribution in [0.1, 0.15) is 26.2 Å². The molecule has 142 valence electrons. The molecule has 0 atom stereocenters. The predicted octanol–water partition coefficient (Wildman–Crippen LogP) is 2.72. The first-order valence-electron chi connectivity index (χ1n) is 8.73. The molecular weight excluding hydrogens is 372 g/mol. The average molecular weight is 397 g/mol. The third kappa shape index (κ3) is 4.59. The van der Waals surface area contributed by atoms with Gasteiger partial charge in [0.15, 0.2) is 5.82 Å². The Balaban J connectivity index is 0.00000243. The van der Waals surface area contributed by atoms with Crippen LogP contribution in [-0.4, -0.2) is 48.4 Å². The maximum atomic E-state index is 13.1. The zero-order valence-corrected chi connectivity index (χ0v) is 16.5. The standard InChI is InChI=1S/C18H24N4O2S.ClH/c1-2-12-22(16-8-10-19-11-9-16)25(23,24)17-13-20-18(21-14-17)15-6-4-3-5-7-15;/h3-7,13-14,16,19H,2,8-12H2,1H3;1H. The summed E-state index contributed by atoms with van der Waals surface area (Å²) >= 11 is 0. The highest BCUT2D eigenvalue weighted by Crippen LogP contribution is 2.23. The second kappa shape index (κ2) is 9.41. The van der Waals surface area contributed by atoms with Gasteiger partial charge < -0.3 is 5.32 Å². The van der Waals surface area contributed by atoms with Crippen LogP contribution in [0, 0.1) is 0 Å². The summed E-state index contributed by atoms with van der Waals surface area (Å²) in [5.41, 5.74) is 0.871. The summed E-state index contributed by atoms with van der Waals surface area (Å²) in [5, 5.41) is 3.28. The smallest absolute Gasteiger partial charge is 0.246 e. The zero-order chi connectivity index (χ0) is 17.7. The normalized spacial score (nSPS) is 15.6. The molecule has 0 bridgehead atoms. The molecule has 1 N–H and O–H groups in total. The van der Waals surface area contributed by atoms with Crippen LogP contribution in [0.25, 0.3) is 11.4 Å². The summed E-state index contributed by atoms with van der Waals surface area (Å²) in [6.07, 6.45) is 5.30. The second-order valence-electron chi connectivity index (χ2n) is 6.21. The highest BCUT2D eigenvalue weighted by Gasteiger charge is 2.32. The average Bonchev–Trinajstić information content (AvgIpc) is 2.67. The van der Waals surface area contributed by atoms with Crippen LogP contribution in [0.4, 0.5) is 0 Å². The fourth-order valence-electron chi connectivity index (χ4n) is 3.14. The van der Waals surface area contributed by atoms with Gasteiger partial charge in [-0.3, -0.25) is 0 Å². The van der Waals surface area contributed by atoms with Gasteiger partial charge in [-0.05, 0) is 32.4 Å². The Bertz CT molecular complexity index is 779. The van der Waals surface area contributed by atoms with E-state index in [1.807, 2.05) is 37.3 Å². The number of nitrogens with one attached hydrogen (secondary N) is 1. The maximum absolute atomic E-state index is 13.1. The number of hydrogen-bond donors (Lipinski definition) is 1. The molecule has 1 aromatic carbocycles. The van der Waals surface area contributed by atoms with E-state index in [1.165, 1.54) is 12.4 Å². The summed E-state index contributed by atoms with van der Waals surface area (Å²) in [6.45, 7) is 4.22. The molecule has 0 unspecified atom stereocenters. The summed E-state index contributed by atoms with van der Waals surface area (Å²) in [5.74, 6) is 0.531. The fourth-order valence-corrected chi connectivity index (χ4v) is 4.80. The van der Waals surface area contributed by atoms with Crippen LogP contribution in [0.2, 0.25) is 0 Å². The summed E-state index contributed by atoms with van der Waals surface area (Å²) in [4.78, 5) is 8.71. The molecule has 1 aliphatic heterocycles. The fraction of sp³-hybridized carbons (Fsp3) is 0.444. The number of aromatic nitrogens is 2. The Morgan fingerprint density at radius 2 is 1.73 bits per heavy atom. The Morgan fingerprint density at radius 1 is 1.12 bits per heavy atom. The lowest BCUT2D eigenvalue weighted by atomic mass is 10.1. The third-order valence-corrected chi connectivity index (χ3v) is 6.33. The Morgan fingerprint density at radius 3 is 2.31 bits per heavy atom. The molecule has 1 fully saturated rings. The van der Waals surface area contributed by atoms with E-state index < -0.39 is 10.0 Å². The topological polar surface area (TPSA) is 75.2 Å². The van der Waals surface area contributed by atoms with Crippen LogP contribution < -0.4 is 5.32 Å². The highest BCUT2D eigenvalue weighted by atomic mass is 35.5. The molecule has 6 nitrogen and oxygen atoms in total. The number of sulfonamides is 1. The van der Waals surface area contributed by atoms with Crippen molar-refractivity contribution in [2.75, 3.05) is 19.6 Å². The minimum Gasteiger partial charge on any atom is -0.317 e. The highest BCUT2D eigenvalue weighted by molar-refractivity contribution is 7.89. The molecule has 2 heterocycles. The van der Waals surface area contributed by atoms with E-state index in [1.54, 1.807) is 4.31 Å². The van der Waals surface area contributed by atoms with Crippen LogP contribution in [0.3, 0.4) is 0 Å². The second-order valence-corrected chi connectivity index (χ2v) is 8.10. The number of benzene rings is 1.